The van der Waals surface area contributed by atoms with Crippen LogP contribution in [0.5, 0.6) is 0 Å². The zero-order valence-electron chi connectivity index (χ0n) is 14.1. The number of rotatable bonds is 9. The zero-order valence-corrected chi connectivity index (χ0v) is 14.9. The third kappa shape index (κ3) is 7.09. The summed E-state index contributed by atoms with van der Waals surface area (Å²) in [6, 6.07) is 4.21. The standard InChI is InChI=1S/C17H30N2OS/c1-6-18(12-16-8-7-9-21-16)13-17(20)19(10-14(2)3)11-15(4)5/h7-9,14-15H,6,10-13H2,1-5H3. The number of thiophene rings is 1. The SMILES string of the molecule is CCN(CC(=O)N(CC(C)C)CC(C)C)Cc1cccs1. The average Bonchev–Trinajstić information content (AvgIpc) is 2.88. The summed E-state index contributed by atoms with van der Waals surface area (Å²) in [4.78, 5) is 18.2. The van der Waals surface area contributed by atoms with Gasteiger partial charge in [-0.2, -0.15) is 0 Å². The predicted octanol–water partition coefficient (Wildman–Crippen LogP) is 3.71. The largest absolute Gasteiger partial charge is 0.341 e. The van der Waals surface area contributed by atoms with E-state index < -0.39 is 0 Å². The van der Waals surface area contributed by atoms with E-state index in [1.807, 2.05) is 4.90 Å². The summed E-state index contributed by atoms with van der Waals surface area (Å²) >= 11 is 1.76. The molecule has 0 aromatic carbocycles. The monoisotopic (exact) mass is 310 g/mol. The highest BCUT2D eigenvalue weighted by Gasteiger charge is 2.19. The minimum Gasteiger partial charge on any atom is -0.341 e. The molecule has 0 aliphatic heterocycles. The molecule has 1 amide bonds. The molecule has 1 rings (SSSR count). The lowest BCUT2D eigenvalue weighted by molar-refractivity contribution is -0.133. The van der Waals surface area contributed by atoms with Crippen LogP contribution in [0.25, 0.3) is 0 Å². The molecule has 0 fully saturated rings. The van der Waals surface area contributed by atoms with Crippen LogP contribution >= 0.6 is 11.3 Å². The molecule has 0 saturated heterocycles. The molecule has 21 heavy (non-hydrogen) atoms. The Hall–Kier alpha value is -0.870. The zero-order chi connectivity index (χ0) is 15.8. The molecule has 120 valence electrons. The molecule has 1 aromatic rings. The summed E-state index contributed by atoms with van der Waals surface area (Å²) in [5.41, 5.74) is 0. The number of likely N-dealkylation sites (N-methyl/N-ethyl adjacent to an activating group) is 1. The van der Waals surface area contributed by atoms with E-state index in [0.717, 1.165) is 26.2 Å². The molecule has 0 bridgehead atoms. The first-order valence-corrected chi connectivity index (χ1v) is 8.82. The fraction of sp³-hybridized carbons (Fsp3) is 0.706. The first-order chi connectivity index (χ1) is 9.92. The second kappa shape index (κ2) is 9.21. The molecule has 4 heteroatoms. The minimum absolute atomic E-state index is 0.260. The Balaban J connectivity index is 2.60. The van der Waals surface area contributed by atoms with E-state index >= 15 is 0 Å². The van der Waals surface area contributed by atoms with Crippen LogP contribution in [0.15, 0.2) is 17.5 Å². The topological polar surface area (TPSA) is 23.6 Å². The van der Waals surface area contributed by atoms with Crippen LogP contribution in [0.1, 0.15) is 39.5 Å². The Labute approximate surface area is 133 Å². The van der Waals surface area contributed by atoms with Gasteiger partial charge in [-0.1, -0.05) is 40.7 Å². The molecule has 0 N–H and O–H groups in total. The molecule has 0 unspecified atom stereocenters. The van der Waals surface area contributed by atoms with Crippen molar-refractivity contribution in [3.63, 3.8) is 0 Å². The number of carbonyl (C=O) groups is 1. The van der Waals surface area contributed by atoms with Crippen LogP contribution in [0.3, 0.4) is 0 Å². The van der Waals surface area contributed by atoms with Gasteiger partial charge in [0.25, 0.3) is 0 Å². The van der Waals surface area contributed by atoms with E-state index in [9.17, 15) is 4.79 Å². The normalized spacial score (nSPS) is 11.6. The summed E-state index contributed by atoms with van der Waals surface area (Å²) < 4.78 is 0. The Morgan fingerprint density at radius 1 is 1.19 bits per heavy atom. The summed E-state index contributed by atoms with van der Waals surface area (Å²) in [5, 5.41) is 2.09. The van der Waals surface area contributed by atoms with Crippen LogP contribution in [0, 0.1) is 11.8 Å². The first-order valence-electron chi connectivity index (χ1n) is 7.94. The molecule has 1 aromatic heterocycles. The Morgan fingerprint density at radius 3 is 2.24 bits per heavy atom. The van der Waals surface area contributed by atoms with Crippen molar-refractivity contribution >= 4 is 17.2 Å². The molecule has 1 heterocycles. The fourth-order valence-corrected chi connectivity index (χ4v) is 3.10. The van der Waals surface area contributed by atoms with Crippen molar-refractivity contribution in [2.24, 2.45) is 11.8 Å². The van der Waals surface area contributed by atoms with E-state index in [0.29, 0.717) is 18.4 Å². The number of amides is 1. The van der Waals surface area contributed by atoms with Crippen molar-refractivity contribution in [3.05, 3.63) is 22.4 Å². The molecule has 0 radical (unpaired) electrons. The van der Waals surface area contributed by atoms with Gasteiger partial charge < -0.3 is 4.90 Å². The summed E-state index contributed by atoms with van der Waals surface area (Å²) in [6.07, 6.45) is 0. The molecule has 0 saturated carbocycles. The lowest BCUT2D eigenvalue weighted by Crippen LogP contribution is -2.43. The third-order valence-corrected chi connectivity index (χ3v) is 4.15. The summed E-state index contributed by atoms with van der Waals surface area (Å²) in [6.45, 7) is 14.8. The number of nitrogens with zero attached hydrogens (tertiary/aromatic N) is 2. The summed E-state index contributed by atoms with van der Waals surface area (Å²) in [5.74, 6) is 1.29. The third-order valence-electron chi connectivity index (χ3n) is 3.29. The Kier molecular flexibility index (Phi) is 7.97. The molecular weight excluding hydrogens is 280 g/mol. The van der Waals surface area contributed by atoms with Gasteiger partial charge >= 0.3 is 0 Å². The number of hydrogen-bond donors (Lipinski definition) is 0. The number of carbonyl (C=O) groups excluding carboxylic acids is 1. The van der Waals surface area contributed by atoms with E-state index in [1.54, 1.807) is 11.3 Å². The highest BCUT2D eigenvalue weighted by Crippen LogP contribution is 2.12. The van der Waals surface area contributed by atoms with Crippen molar-refractivity contribution in [1.29, 1.82) is 0 Å². The van der Waals surface area contributed by atoms with Crippen LogP contribution in [0.2, 0.25) is 0 Å². The van der Waals surface area contributed by atoms with Gasteiger partial charge in [-0.3, -0.25) is 9.69 Å². The second-order valence-electron chi connectivity index (χ2n) is 6.47. The van der Waals surface area contributed by atoms with E-state index in [1.165, 1.54) is 4.88 Å². The molecule has 0 aliphatic carbocycles. The van der Waals surface area contributed by atoms with Crippen LogP contribution < -0.4 is 0 Å². The lowest BCUT2D eigenvalue weighted by atomic mass is 10.1. The highest BCUT2D eigenvalue weighted by atomic mass is 32.1. The van der Waals surface area contributed by atoms with Gasteiger partial charge in [0, 0.05) is 24.5 Å². The number of hydrogen-bond acceptors (Lipinski definition) is 3. The van der Waals surface area contributed by atoms with Crippen LogP contribution in [0.4, 0.5) is 0 Å². The molecule has 0 spiro atoms. The maximum Gasteiger partial charge on any atom is 0.236 e. The van der Waals surface area contributed by atoms with Crippen LogP contribution in [-0.4, -0.2) is 41.9 Å². The van der Waals surface area contributed by atoms with Crippen molar-refractivity contribution in [3.8, 4) is 0 Å². The van der Waals surface area contributed by atoms with E-state index in [4.69, 9.17) is 0 Å². The van der Waals surface area contributed by atoms with Gasteiger partial charge in [0.2, 0.25) is 5.91 Å². The quantitative estimate of drug-likeness (QED) is 0.694. The average molecular weight is 311 g/mol. The van der Waals surface area contributed by atoms with Gasteiger partial charge in [-0.05, 0) is 29.8 Å². The van der Waals surface area contributed by atoms with Crippen molar-refractivity contribution in [2.75, 3.05) is 26.2 Å². The van der Waals surface area contributed by atoms with Crippen molar-refractivity contribution in [2.45, 2.75) is 41.2 Å². The van der Waals surface area contributed by atoms with Gasteiger partial charge in [-0.25, -0.2) is 0 Å². The summed E-state index contributed by atoms with van der Waals surface area (Å²) in [7, 11) is 0. The second-order valence-corrected chi connectivity index (χ2v) is 7.50. The molecular formula is C17H30N2OS. The minimum atomic E-state index is 0.260. The highest BCUT2D eigenvalue weighted by molar-refractivity contribution is 7.09. The fourth-order valence-electron chi connectivity index (χ4n) is 2.35. The van der Waals surface area contributed by atoms with Crippen molar-refractivity contribution < 1.29 is 4.79 Å². The Bertz CT molecular complexity index is 391. The van der Waals surface area contributed by atoms with Crippen molar-refractivity contribution in [1.82, 2.24) is 9.80 Å². The molecule has 3 nitrogen and oxygen atoms in total. The maximum atomic E-state index is 12.6. The van der Waals surface area contributed by atoms with E-state index in [2.05, 4.69) is 57.0 Å². The van der Waals surface area contributed by atoms with Gasteiger partial charge in [0.05, 0.1) is 6.54 Å². The van der Waals surface area contributed by atoms with Gasteiger partial charge in [0.1, 0.15) is 0 Å². The van der Waals surface area contributed by atoms with E-state index in [-0.39, 0.29) is 5.91 Å². The van der Waals surface area contributed by atoms with Gasteiger partial charge in [-0.15, -0.1) is 11.3 Å². The van der Waals surface area contributed by atoms with Crippen LogP contribution in [-0.2, 0) is 11.3 Å². The first kappa shape index (κ1) is 18.2. The lowest BCUT2D eigenvalue weighted by Gasteiger charge is -2.29. The molecule has 0 aliphatic rings. The smallest absolute Gasteiger partial charge is 0.236 e. The Morgan fingerprint density at radius 2 is 1.81 bits per heavy atom. The van der Waals surface area contributed by atoms with Gasteiger partial charge in [0.15, 0.2) is 0 Å². The predicted molar refractivity (Wildman–Crippen MR) is 91.5 cm³/mol. The molecule has 0 atom stereocenters. The maximum absolute atomic E-state index is 12.6.